The molecule has 0 saturated carbocycles. The van der Waals surface area contributed by atoms with E-state index in [2.05, 4.69) is 0 Å². The summed E-state index contributed by atoms with van der Waals surface area (Å²) in [6.07, 6.45) is 1.78. The highest BCUT2D eigenvalue weighted by molar-refractivity contribution is 6.26. The summed E-state index contributed by atoms with van der Waals surface area (Å²) < 4.78 is 12.2. The van der Waals surface area contributed by atoms with Crippen LogP contribution in [0.15, 0.2) is 30.5 Å². The molecule has 0 saturated heterocycles. The number of phenolic OH excluding ortho intramolecular Hbond substituents is 2. The molecule has 0 radical (unpaired) electrons. The van der Waals surface area contributed by atoms with Crippen molar-refractivity contribution >= 4 is 16.6 Å². The fourth-order valence-electron chi connectivity index (χ4n) is 3.48. The van der Waals surface area contributed by atoms with E-state index in [4.69, 9.17) is 9.47 Å². The molecule has 0 bridgehead atoms. The zero-order valence-electron chi connectivity index (χ0n) is 14.0. The standard InChI is InChI=1S/C19H15NO5/c1-20-7-6-9-8-12(25-3)19(23)15-13(9)16(20)17(21)10-4-5-11(24-2)18(22)14(10)15/h4-8H,1-3H3,(H,21,23)/p+1. The molecule has 25 heavy (non-hydrogen) atoms. The molecule has 2 N–H and O–H groups in total. The highest BCUT2D eigenvalue weighted by atomic mass is 16.5. The van der Waals surface area contributed by atoms with E-state index in [0.717, 1.165) is 5.39 Å². The number of fused-ring (bicyclic) bond motifs is 2. The van der Waals surface area contributed by atoms with Gasteiger partial charge in [-0.2, -0.15) is 4.57 Å². The topological polar surface area (TPSA) is 79.9 Å². The second-order valence-electron chi connectivity index (χ2n) is 5.91. The van der Waals surface area contributed by atoms with E-state index >= 15 is 0 Å². The number of pyridine rings is 1. The molecule has 4 rings (SSSR count). The van der Waals surface area contributed by atoms with Crippen LogP contribution in [-0.4, -0.2) is 30.2 Å². The fraction of sp³-hybridized carbons (Fsp3) is 0.158. The Hall–Kier alpha value is -3.28. The molecule has 3 aromatic rings. The number of ether oxygens (including phenoxy) is 2. The Morgan fingerprint density at radius 3 is 2.32 bits per heavy atom. The van der Waals surface area contributed by atoms with Gasteiger partial charge in [0.2, 0.25) is 0 Å². The monoisotopic (exact) mass is 338 g/mol. The minimum Gasteiger partial charge on any atom is -0.504 e. The van der Waals surface area contributed by atoms with E-state index in [9.17, 15) is 15.0 Å². The van der Waals surface area contributed by atoms with Gasteiger partial charge in [0.25, 0.3) is 11.5 Å². The number of rotatable bonds is 2. The van der Waals surface area contributed by atoms with Gasteiger partial charge in [-0.3, -0.25) is 4.79 Å². The van der Waals surface area contributed by atoms with Crippen molar-refractivity contribution in [1.82, 2.24) is 0 Å². The molecule has 2 aromatic carbocycles. The molecular formula is C19H16NO5+. The lowest BCUT2D eigenvalue weighted by molar-refractivity contribution is -0.671. The van der Waals surface area contributed by atoms with Gasteiger partial charge in [-0.1, -0.05) is 0 Å². The van der Waals surface area contributed by atoms with Gasteiger partial charge >= 0.3 is 0 Å². The van der Waals surface area contributed by atoms with E-state index < -0.39 is 0 Å². The van der Waals surface area contributed by atoms with Gasteiger partial charge in [0.05, 0.1) is 19.6 Å². The number of methoxy groups -OCH3 is 2. The Morgan fingerprint density at radius 1 is 0.960 bits per heavy atom. The molecule has 1 heterocycles. The average Bonchev–Trinajstić information content (AvgIpc) is 2.61. The zero-order valence-corrected chi connectivity index (χ0v) is 14.0. The van der Waals surface area contributed by atoms with Crippen molar-refractivity contribution in [2.24, 2.45) is 7.05 Å². The molecule has 6 nitrogen and oxygen atoms in total. The normalized spacial score (nSPS) is 12.2. The first-order valence-electron chi connectivity index (χ1n) is 7.67. The zero-order chi connectivity index (χ0) is 17.9. The Bertz CT molecular complexity index is 1070. The second kappa shape index (κ2) is 5.11. The molecule has 0 amide bonds. The number of carbonyl (C=O) groups excluding carboxylic acids is 1. The van der Waals surface area contributed by atoms with Crippen molar-refractivity contribution < 1.29 is 29.0 Å². The van der Waals surface area contributed by atoms with E-state index in [1.54, 1.807) is 29.9 Å². The van der Waals surface area contributed by atoms with E-state index in [-0.39, 0.29) is 34.3 Å². The number of hydrogen-bond acceptors (Lipinski definition) is 5. The van der Waals surface area contributed by atoms with Crippen LogP contribution in [0.3, 0.4) is 0 Å². The predicted molar refractivity (Wildman–Crippen MR) is 90.4 cm³/mol. The molecule has 0 unspecified atom stereocenters. The molecule has 1 aliphatic carbocycles. The van der Waals surface area contributed by atoms with E-state index in [1.807, 2.05) is 6.07 Å². The minimum atomic E-state index is -0.224. The van der Waals surface area contributed by atoms with Crippen molar-refractivity contribution in [3.05, 3.63) is 41.7 Å². The van der Waals surface area contributed by atoms with Crippen molar-refractivity contribution in [1.29, 1.82) is 0 Å². The van der Waals surface area contributed by atoms with Crippen LogP contribution in [0.2, 0.25) is 0 Å². The summed E-state index contributed by atoms with van der Waals surface area (Å²) in [6.45, 7) is 0. The van der Waals surface area contributed by atoms with Gasteiger partial charge in [-0.05, 0) is 23.6 Å². The number of carbonyl (C=O) groups is 1. The molecule has 126 valence electrons. The summed E-state index contributed by atoms with van der Waals surface area (Å²) in [5.41, 5.74) is 1.37. The van der Waals surface area contributed by atoms with Crippen molar-refractivity contribution in [3.63, 3.8) is 0 Å². The van der Waals surface area contributed by atoms with E-state index in [1.165, 1.54) is 20.3 Å². The number of nitrogens with zero attached hydrogens (tertiary/aromatic N) is 1. The van der Waals surface area contributed by atoms with Crippen LogP contribution in [0, 0.1) is 0 Å². The molecule has 0 spiro atoms. The third-order valence-electron chi connectivity index (χ3n) is 4.65. The summed E-state index contributed by atoms with van der Waals surface area (Å²) >= 11 is 0. The van der Waals surface area contributed by atoms with Gasteiger partial charge in [0, 0.05) is 22.8 Å². The van der Waals surface area contributed by atoms with Crippen molar-refractivity contribution in [3.8, 4) is 34.1 Å². The van der Waals surface area contributed by atoms with Crippen LogP contribution >= 0.6 is 0 Å². The number of aromatic nitrogens is 1. The Kier molecular flexibility index (Phi) is 3.12. The maximum absolute atomic E-state index is 13.0. The van der Waals surface area contributed by atoms with Crippen LogP contribution in [0.4, 0.5) is 0 Å². The third-order valence-corrected chi connectivity index (χ3v) is 4.65. The summed E-state index contributed by atoms with van der Waals surface area (Å²) in [6, 6.07) is 6.64. The quantitative estimate of drug-likeness (QED) is 0.548. The maximum Gasteiger partial charge on any atom is 0.262 e. The van der Waals surface area contributed by atoms with Gasteiger partial charge in [0.1, 0.15) is 7.05 Å². The fourth-order valence-corrected chi connectivity index (χ4v) is 3.48. The van der Waals surface area contributed by atoms with E-state index in [0.29, 0.717) is 22.2 Å². The highest BCUT2D eigenvalue weighted by Gasteiger charge is 2.37. The summed E-state index contributed by atoms with van der Waals surface area (Å²) in [5.74, 6) is -0.0382. The molecular weight excluding hydrogens is 322 g/mol. The largest absolute Gasteiger partial charge is 0.504 e. The number of phenols is 2. The van der Waals surface area contributed by atoms with Crippen LogP contribution in [0.1, 0.15) is 16.1 Å². The average molecular weight is 338 g/mol. The van der Waals surface area contributed by atoms with Gasteiger partial charge in [-0.25, -0.2) is 0 Å². The molecule has 0 aliphatic heterocycles. The minimum absolute atomic E-state index is 0.125. The third kappa shape index (κ3) is 1.85. The first-order chi connectivity index (χ1) is 12.0. The van der Waals surface area contributed by atoms with Crippen LogP contribution in [-0.2, 0) is 7.05 Å². The molecule has 0 fully saturated rings. The number of ketones is 1. The molecule has 6 heteroatoms. The molecule has 0 atom stereocenters. The van der Waals surface area contributed by atoms with Crippen molar-refractivity contribution in [2.45, 2.75) is 0 Å². The first-order valence-corrected chi connectivity index (χ1v) is 7.67. The Balaban J connectivity index is 2.29. The summed E-state index contributed by atoms with van der Waals surface area (Å²) in [5, 5.41) is 22.7. The SMILES string of the molecule is COc1ccc2c(c1O)-c1c(O)c(OC)cc3cc[n+](C)c(c13)C2=O. The van der Waals surface area contributed by atoms with Gasteiger partial charge in [-0.15, -0.1) is 0 Å². The highest BCUT2D eigenvalue weighted by Crippen LogP contribution is 2.52. The summed E-state index contributed by atoms with van der Waals surface area (Å²) in [4.78, 5) is 13.0. The Labute approximate surface area is 143 Å². The lowest BCUT2D eigenvalue weighted by Crippen LogP contribution is -2.37. The predicted octanol–water partition coefficient (Wildman–Crippen LogP) is 2.30. The van der Waals surface area contributed by atoms with Gasteiger partial charge in [0.15, 0.2) is 29.2 Å². The number of aromatic hydroxyl groups is 2. The van der Waals surface area contributed by atoms with Crippen LogP contribution in [0.5, 0.6) is 23.0 Å². The summed E-state index contributed by atoms with van der Waals surface area (Å²) in [7, 11) is 4.66. The molecule has 1 aliphatic rings. The lowest BCUT2D eigenvalue weighted by Gasteiger charge is -2.21. The van der Waals surface area contributed by atoms with Crippen LogP contribution in [0.25, 0.3) is 21.9 Å². The molecule has 1 aromatic heterocycles. The Morgan fingerprint density at radius 2 is 1.64 bits per heavy atom. The maximum atomic E-state index is 13.0. The number of aryl methyl sites for hydroxylation is 1. The lowest BCUT2D eigenvalue weighted by atomic mass is 9.83. The van der Waals surface area contributed by atoms with Crippen molar-refractivity contribution in [2.75, 3.05) is 14.2 Å². The number of hydrogen-bond donors (Lipinski definition) is 2. The first kappa shape index (κ1) is 15.3. The second-order valence-corrected chi connectivity index (χ2v) is 5.91. The smallest absolute Gasteiger partial charge is 0.262 e. The van der Waals surface area contributed by atoms with Crippen LogP contribution < -0.4 is 14.0 Å². The number of benzene rings is 2. The van der Waals surface area contributed by atoms with Gasteiger partial charge < -0.3 is 19.7 Å².